The zero-order chi connectivity index (χ0) is 11.8. The second kappa shape index (κ2) is 3.81. The summed E-state index contributed by atoms with van der Waals surface area (Å²) in [5.41, 5.74) is -0.634. The summed E-state index contributed by atoms with van der Waals surface area (Å²) in [6.45, 7) is 6.81. The van der Waals surface area contributed by atoms with Crippen LogP contribution in [0.25, 0.3) is 0 Å². The maximum absolute atomic E-state index is 11.6. The van der Waals surface area contributed by atoms with Crippen LogP contribution in [-0.4, -0.2) is 39.8 Å². The molecule has 2 atom stereocenters. The Hall–Kier alpha value is -1.10. The minimum atomic E-state index is -0.787. The van der Waals surface area contributed by atoms with E-state index in [0.717, 1.165) is 4.90 Å². The Morgan fingerprint density at radius 1 is 1.53 bits per heavy atom. The molecule has 1 aliphatic heterocycles. The second-order valence-electron chi connectivity index (χ2n) is 4.76. The molecule has 0 spiro atoms. The molecule has 5 nitrogen and oxygen atoms in total. The predicted octanol–water partition coefficient (Wildman–Crippen LogP) is 0.903. The highest BCUT2D eigenvalue weighted by Crippen LogP contribution is 2.21. The molecule has 0 bridgehead atoms. The van der Waals surface area contributed by atoms with Crippen LogP contribution in [0.1, 0.15) is 34.1 Å². The second-order valence-corrected chi connectivity index (χ2v) is 4.76. The van der Waals surface area contributed by atoms with Gasteiger partial charge in [0.1, 0.15) is 5.60 Å². The van der Waals surface area contributed by atoms with Crippen LogP contribution in [0.15, 0.2) is 0 Å². The fourth-order valence-corrected chi connectivity index (χ4v) is 1.43. The lowest BCUT2D eigenvalue weighted by molar-refractivity contribution is -0.127. The average molecular weight is 215 g/mol. The molecule has 1 aliphatic rings. The molecule has 0 aliphatic carbocycles. The molecular formula is C10H17NO4. The summed E-state index contributed by atoms with van der Waals surface area (Å²) >= 11 is 0. The van der Waals surface area contributed by atoms with Gasteiger partial charge < -0.3 is 9.84 Å². The number of likely N-dealkylation sites (tertiary alicyclic amines) is 1. The highest BCUT2D eigenvalue weighted by Gasteiger charge is 2.41. The van der Waals surface area contributed by atoms with Crippen molar-refractivity contribution < 1.29 is 19.4 Å². The van der Waals surface area contributed by atoms with Crippen LogP contribution < -0.4 is 0 Å². The van der Waals surface area contributed by atoms with Crippen LogP contribution in [0.3, 0.4) is 0 Å². The van der Waals surface area contributed by atoms with E-state index < -0.39 is 23.8 Å². The van der Waals surface area contributed by atoms with Gasteiger partial charge in [0.15, 0.2) is 0 Å². The Kier molecular flexibility index (Phi) is 3.04. The normalized spacial score (nSPS) is 27.0. The van der Waals surface area contributed by atoms with E-state index in [1.165, 1.54) is 0 Å². The zero-order valence-corrected chi connectivity index (χ0v) is 9.48. The van der Waals surface area contributed by atoms with Crippen molar-refractivity contribution in [2.75, 3.05) is 0 Å². The third-order valence-corrected chi connectivity index (χ3v) is 2.21. The first kappa shape index (κ1) is 12.0. The number of carbonyl (C=O) groups excluding carboxylic acids is 2. The lowest BCUT2D eigenvalue weighted by Gasteiger charge is -2.26. The van der Waals surface area contributed by atoms with E-state index in [1.54, 1.807) is 27.7 Å². The molecule has 0 saturated carbocycles. The molecule has 1 saturated heterocycles. The standard InChI is InChI=1S/C10H17NO4/c1-6-7(12)5-8(13)11(6)9(14)15-10(2,3)4/h6-7,12H,5H2,1-4H3/t6-,7?/m0/s1. The third-order valence-electron chi connectivity index (χ3n) is 2.21. The van der Waals surface area contributed by atoms with E-state index in [-0.39, 0.29) is 12.3 Å². The van der Waals surface area contributed by atoms with Crippen LogP contribution in [0, 0.1) is 0 Å². The van der Waals surface area contributed by atoms with Crippen LogP contribution >= 0.6 is 0 Å². The maximum atomic E-state index is 11.6. The van der Waals surface area contributed by atoms with E-state index in [9.17, 15) is 14.7 Å². The largest absolute Gasteiger partial charge is 0.443 e. The number of hydrogen-bond acceptors (Lipinski definition) is 4. The maximum Gasteiger partial charge on any atom is 0.417 e. The van der Waals surface area contributed by atoms with Crippen molar-refractivity contribution in [1.82, 2.24) is 4.90 Å². The Bertz CT molecular complexity index is 282. The Morgan fingerprint density at radius 2 is 2.07 bits per heavy atom. The van der Waals surface area contributed by atoms with Gasteiger partial charge in [0.05, 0.1) is 18.6 Å². The van der Waals surface area contributed by atoms with Crippen molar-refractivity contribution in [1.29, 1.82) is 0 Å². The minimum Gasteiger partial charge on any atom is -0.443 e. The van der Waals surface area contributed by atoms with Crippen molar-refractivity contribution in [2.45, 2.75) is 51.9 Å². The molecule has 1 rings (SSSR count). The minimum absolute atomic E-state index is 0.0135. The first-order chi connectivity index (χ1) is 6.72. The van der Waals surface area contributed by atoms with Crippen molar-refractivity contribution in [2.24, 2.45) is 0 Å². The van der Waals surface area contributed by atoms with Gasteiger partial charge in [0, 0.05) is 0 Å². The summed E-state index contributed by atoms with van der Waals surface area (Å²) < 4.78 is 5.07. The van der Waals surface area contributed by atoms with E-state index in [0.29, 0.717) is 0 Å². The van der Waals surface area contributed by atoms with E-state index in [4.69, 9.17) is 4.74 Å². The number of amides is 2. The quantitative estimate of drug-likeness (QED) is 0.652. The summed E-state index contributed by atoms with van der Waals surface area (Å²) in [5.74, 6) is -0.385. The molecule has 0 aromatic carbocycles. The van der Waals surface area contributed by atoms with Gasteiger partial charge in [-0.05, 0) is 27.7 Å². The molecule has 0 aromatic heterocycles. The SMILES string of the molecule is C[C@H]1C(O)CC(=O)N1C(=O)OC(C)(C)C. The van der Waals surface area contributed by atoms with Gasteiger partial charge in [0.25, 0.3) is 0 Å². The van der Waals surface area contributed by atoms with Gasteiger partial charge >= 0.3 is 6.09 Å². The molecule has 5 heteroatoms. The van der Waals surface area contributed by atoms with Crippen molar-refractivity contribution in [3.05, 3.63) is 0 Å². The summed E-state index contributed by atoms with van der Waals surface area (Å²) in [4.78, 5) is 24.0. The zero-order valence-electron chi connectivity index (χ0n) is 9.48. The highest BCUT2D eigenvalue weighted by molar-refractivity contribution is 5.94. The number of rotatable bonds is 0. The van der Waals surface area contributed by atoms with Crippen LogP contribution in [0.2, 0.25) is 0 Å². The number of nitrogens with zero attached hydrogens (tertiary/aromatic N) is 1. The Balaban J connectivity index is 2.72. The van der Waals surface area contributed by atoms with E-state index >= 15 is 0 Å². The van der Waals surface area contributed by atoms with E-state index in [2.05, 4.69) is 0 Å². The van der Waals surface area contributed by atoms with Crippen molar-refractivity contribution >= 4 is 12.0 Å². The smallest absolute Gasteiger partial charge is 0.417 e. The molecule has 1 fully saturated rings. The summed E-state index contributed by atoms with van der Waals surface area (Å²) in [6, 6.07) is -0.507. The molecule has 0 radical (unpaired) electrons. The first-order valence-electron chi connectivity index (χ1n) is 4.95. The van der Waals surface area contributed by atoms with Gasteiger partial charge in [0.2, 0.25) is 5.91 Å². The molecule has 2 amide bonds. The number of imide groups is 1. The number of aliphatic hydroxyl groups is 1. The first-order valence-corrected chi connectivity index (χ1v) is 4.95. The summed E-state index contributed by atoms with van der Waals surface area (Å²) in [6.07, 6.45) is -1.48. The predicted molar refractivity (Wildman–Crippen MR) is 53.2 cm³/mol. The molecule has 0 aromatic rings. The van der Waals surface area contributed by atoms with Gasteiger partial charge in [-0.3, -0.25) is 4.79 Å². The number of ether oxygens (including phenoxy) is 1. The van der Waals surface area contributed by atoms with Gasteiger partial charge in [-0.2, -0.15) is 0 Å². The molecule has 1 unspecified atom stereocenters. The van der Waals surface area contributed by atoms with Gasteiger partial charge in [-0.1, -0.05) is 0 Å². The van der Waals surface area contributed by atoms with Crippen molar-refractivity contribution in [3.63, 3.8) is 0 Å². The number of aliphatic hydroxyl groups excluding tert-OH is 1. The summed E-state index contributed by atoms with van der Waals surface area (Å²) in [7, 11) is 0. The van der Waals surface area contributed by atoms with Crippen LogP contribution in [0.5, 0.6) is 0 Å². The van der Waals surface area contributed by atoms with Crippen LogP contribution in [0.4, 0.5) is 4.79 Å². The fourth-order valence-electron chi connectivity index (χ4n) is 1.43. The average Bonchev–Trinajstić information content (AvgIpc) is 2.22. The highest BCUT2D eigenvalue weighted by atomic mass is 16.6. The lowest BCUT2D eigenvalue weighted by Crippen LogP contribution is -2.42. The summed E-state index contributed by atoms with van der Waals surface area (Å²) in [5, 5.41) is 9.42. The fraction of sp³-hybridized carbons (Fsp3) is 0.800. The molecular weight excluding hydrogens is 198 g/mol. The van der Waals surface area contributed by atoms with Gasteiger partial charge in [-0.25, -0.2) is 9.69 Å². The molecule has 15 heavy (non-hydrogen) atoms. The monoisotopic (exact) mass is 215 g/mol. The van der Waals surface area contributed by atoms with Crippen molar-refractivity contribution in [3.8, 4) is 0 Å². The van der Waals surface area contributed by atoms with E-state index in [1.807, 2.05) is 0 Å². The number of carbonyl (C=O) groups is 2. The topological polar surface area (TPSA) is 66.8 Å². The molecule has 86 valence electrons. The third kappa shape index (κ3) is 2.68. The number of hydrogen-bond donors (Lipinski definition) is 1. The Morgan fingerprint density at radius 3 is 2.40 bits per heavy atom. The molecule has 1 heterocycles. The van der Waals surface area contributed by atoms with Gasteiger partial charge in [-0.15, -0.1) is 0 Å². The van der Waals surface area contributed by atoms with Crippen LogP contribution in [-0.2, 0) is 9.53 Å². The lowest BCUT2D eigenvalue weighted by atomic mass is 10.2. The molecule has 1 N–H and O–H groups in total. The Labute approximate surface area is 89.0 Å².